The Hall–Kier alpha value is -2.26. The molecule has 1 aromatic heterocycles. The number of hydrogen-bond acceptors (Lipinski definition) is 4. The number of alkyl halides is 1. The van der Waals surface area contributed by atoms with Crippen LogP contribution in [0.4, 0.5) is 5.69 Å². The Labute approximate surface area is 157 Å². The zero-order valence-corrected chi connectivity index (χ0v) is 15.9. The summed E-state index contributed by atoms with van der Waals surface area (Å²) in [6, 6.07) is 4.93. The van der Waals surface area contributed by atoms with Gasteiger partial charge in [0.25, 0.3) is 5.56 Å². The van der Waals surface area contributed by atoms with Crippen molar-refractivity contribution in [3.63, 3.8) is 0 Å². The number of pyridine rings is 1. The minimum Gasteiger partial charge on any atom is -0.374 e. The molecular weight excluding hydrogens is 352 g/mol. The largest absolute Gasteiger partial charge is 0.374 e. The first-order valence-corrected chi connectivity index (χ1v) is 9.28. The van der Waals surface area contributed by atoms with Gasteiger partial charge in [-0.1, -0.05) is 13.0 Å². The molecule has 2 heterocycles. The molecule has 0 radical (unpaired) electrons. The van der Waals surface area contributed by atoms with Gasteiger partial charge in [0.1, 0.15) is 17.5 Å². The van der Waals surface area contributed by atoms with Crippen LogP contribution in [0.2, 0.25) is 0 Å². The minimum atomic E-state index is -0.331. The second-order valence-electron chi connectivity index (χ2n) is 7.31. The molecule has 0 bridgehead atoms. The van der Waals surface area contributed by atoms with Crippen LogP contribution in [0.15, 0.2) is 28.6 Å². The van der Waals surface area contributed by atoms with E-state index in [1.54, 1.807) is 19.2 Å². The summed E-state index contributed by atoms with van der Waals surface area (Å²) in [4.78, 5) is 25.0. The van der Waals surface area contributed by atoms with Gasteiger partial charge in [0.05, 0.1) is 6.04 Å². The first-order valence-electron chi connectivity index (χ1n) is 8.85. The lowest BCUT2D eigenvalue weighted by molar-refractivity contribution is -0.120. The molecular formula is C19H23ClN4O2. The molecule has 0 spiro atoms. The van der Waals surface area contributed by atoms with Gasteiger partial charge in [0, 0.05) is 24.0 Å². The summed E-state index contributed by atoms with van der Waals surface area (Å²) in [7, 11) is 1.55. The van der Waals surface area contributed by atoms with E-state index in [2.05, 4.69) is 17.6 Å². The fraction of sp³-hybridized carbons (Fsp3) is 0.526. The number of anilines is 1. The molecule has 6 nitrogen and oxygen atoms in total. The molecule has 4 unspecified atom stereocenters. The van der Waals surface area contributed by atoms with Gasteiger partial charge in [-0.2, -0.15) is 5.26 Å². The van der Waals surface area contributed by atoms with Gasteiger partial charge in [0.15, 0.2) is 0 Å². The van der Waals surface area contributed by atoms with Crippen molar-refractivity contribution in [2.75, 3.05) is 5.32 Å². The first kappa shape index (κ1) is 18.5. The molecule has 1 aliphatic carbocycles. The second kappa shape index (κ2) is 7.16. The number of fused-ring (bicyclic) bond motifs is 1. The minimum absolute atomic E-state index is 0.100. The molecule has 3 rings (SSSR count). The Morgan fingerprint density at radius 2 is 2.12 bits per heavy atom. The van der Waals surface area contributed by atoms with Gasteiger partial charge in [-0.25, -0.2) is 0 Å². The standard InChI is InChI=1S/C19H23ClN4O2/c1-10-6-13(20)7-12-8-15(18(25)23-17(10)12)11(2)22-16-5-4-14(9-21)24(3)19(16)26/h4-5,8,10-13,17,22H,6-7H2,1-3H3,(H,23,25)/t10?,11-,12?,13?,17?/m0/s1. The summed E-state index contributed by atoms with van der Waals surface area (Å²) < 4.78 is 1.29. The van der Waals surface area contributed by atoms with Crippen LogP contribution < -0.4 is 16.2 Å². The molecule has 7 heteroatoms. The third-order valence-electron chi connectivity index (χ3n) is 5.44. The second-order valence-corrected chi connectivity index (χ2v) is 7.92. The van der Waals surface area contributed by atoms with E-state index in [0.717, 1.165) is 12.8 Å². The number of nitrogens with zero attached hydrogens (tertiary/aromatic N) is 2. The molecule has 1 aromatic rings. The predicted octanol–water partition coefficient (Wildman–Crippen LogP) is 2.14. The summed E-state index contributed by atoms with van der Waals surface area (Å²) in [5, 5.41) is 15.4. The maximum atomic E-state index is 12.6. The number of rotatable bonds is 3. The van der Waals surface area contributed by atoms with Gasteiger partial charge < -0.3 is 15.2 Å². The molecule has 0 saturated heterocycles. The van der Waals surface area contributed by atoms with Crippen LogP contribution in [0.25, 0.3) is 0 Å². The number of hydrogen-bond donors (Lipinski definition) is 2. The molecule has 1 fully saturated rings. The molecule has 2 N–H and O–H groups in total. The Morgan fingerprint density at radius 3 is 2.81 bits per heavy atom. The highest BCUT2D eigenvalue weighted by molar-refractivity contribution is 6.20. The lowest BCUT2D eigenvalue weighted by Gasteiger charge is -2.41. The molecule has 138 valence electrons. The number of amides is 1. The average molecular weight is 375 g/mol. The molecule has 0 aromatic carbocycles. The number of aromatic nitrogens is 1. The van der Waals surface area contributed by atoms with Crippen molar-refractivity contribution in [2.24, 2.45) is 18.9 Å². The van der Waals surface area contributed by atoms with E-state index < -0.39 is 0 Å². The van der Waals surface area contributed by atoms with Gasteiger partial charge in [-0.3, -0.25) is 9.59 Å². The molecule has 1 amide bonds. The van der Waals surface area contributed by atoms with Gasteiger partial charge in [0.2, 0.25) is 5.91 Å². The highest BCUT2D eigenvalue weighted by Gasteiger charge is 2.39. The van der Waals surface area contributed by atoms with Crippen LogP contribution in [-0.4, -0.2) is 27.9 Å². The van der Waals surface area contributed by atoms with Crippen molar-refractivity contribution >= 4 is 23.2 Å². The maximum Gasteiger partial charge on any atom is 0.274 e. The van der Waals surface area contributed by atoms with Crippen LogP contribution >= 0.6 is 11.6 Å². The smallest absolute Gasteiger partial charge is 0.274 e. The normalized spacial score (nSPS) is 29.0. The summed E-state index contributed by atoms with van der Waals surface area (Å²) >= 11 is 6.36. The van der Waals surface area contributed by atoms with Crippen LogP contribution in [0.5, 0.6) is 0 Å². The van der Waals surface area contributed by atoms with E-state index in [-0.39, 0.29) is 40.5 Å². The van der Waals surface area contributed by atoms with Crippen molar-refractivity contribution in [3.8, 4) is 6.07 Å². The Balaban J connectivity index is 1.84. The van der Waals surface area contributed by atoms with E-state index in [1.807, 2.05) is 19.1 Å². The number of nitriles is 1. The third-order valence-corrected chi connectivity index (χ3v) is 5.80. The van der Waals surface area contributed by atoms with E-state index in [4.69, 9.17) is 16.9 Å². The summed E-state index contributed by atoms with van der Waals surface area (Å²) in [5.74, 6) is 0.450. The van der Waals surface area contributed by atoms with Gasteiger partial charge in [-0.05, 0) is 43.7 Å². The zero-order chi connectivity index (χ0) is 19.0. The van der Waals surface area contributed by atoms with Crippen LogP contribution in [0.1, 0.15) is 32.4 Å². The highest BCUT2D eigenvalue weighted by atomic mass is 35.5. The third kappa shape index (κ3) is 3.36. The number of carbonyl (C=O) groups excluding carboxylic acids is 1. The number of nitrogens with one attached hydrogen (secondary N) is 2. The van der Waals surface area contributed by atoms with Crippen LogP contribution in [0.3, 0.4) is 0 Å². The van der Waals surface area contributed by atoms with E-state index in [1.165, 1.54) is 4.57 Å². The van der Waals surface area contributed by atoms with Crippen molar-refractivity contribution < 1.29 is 4.79 Å². The summed E-state index contributed by atoms with van der Waals surface area (Å²) in [5.41, 5.74) is 0.977. The van der Waals surface area contributed by atoms with Gasteiger partial charge >= 0.3 is 0 Å². The molecule has 2 aliphatic rings. The van der Waals surface area contributed by atoms with Crippen molar-refractivity contribution in [1.82, 2.24) is 9.88 Å². The molecule has 1 aliphatic heterocycles. The summed E-state index contributed by atoms with van der Waals surface area (Å²) in [6.07, 6.45) is 3.76. The zero-order valence-electron chi connectivity index (χ0n) is 15.1. The number of carbonyl (C=O) groups is 1. The predicted molar refractivity (Wildman–Crippen MR) is 101 cm³/mol. The Bertz CT molecular complexity index is 854. The Morgan fingerprint density at radius 1 is 1.38 bits per heavy atom. The average Bonchev–Trinajstić information content (AvgIpc) is 2.59. The van der Waals surface area contributed by atoms with E-state index in [0.29, 0.717) is 17.2 Å². The summed E-state index contributed by atoms with van der Waals surface area (Å²) in [6.45, 7) is 3.97. The lowest BCUT2D eigenvalue weighted by atomic mass is 9.74. The molecule has 1 saturated carbocycles. The molecule has 26 heavy (non-hydrogen) atoms. The number of halogens is 1. The SMILES string of the molecule is CC1CC(Cl)CC2C=C([C@H](C)Nc3ccc(C#N)n(C)c3=O)C(=O)NC12. The monoisotopic (exact) mass is 374 g/mol. The maximum absolute atomic E-state index is 12.6. The van der Waals surface area contributed by atoms with Gasteiger partial charge in [-0.15, -0.1) is 11.6 Å². The molecule has 5 atom stereocenters. The fourth-order valence-electron chi connectivity index (χ4n) is 3.98. The van der Waals surface area contributed by atoms with Crippen molar-refractivity contribution in [1.29, 1.82) is 5.26 Å². The topological polar surface area (TPSA) is 86.9 Å². The highest BCUT2D eigenvalue weighted by Crippen LogP contribution is 2.36. The van der Waals surface area contributed by atoms with E-state index in [9.17, 15) is 9.59 Å². The Kier molecular flexibility index (Phi) is 5.10. The van der Waals surface area contributed by atoms with E-state index >= 15 is 0 Å². The lowest BCUT2D eigenvalue weighted by Crippen LogP contribution is -2.53. The van der Waals surface area contributed by atoms with Crippen LogP contribution in [0, 0.1) is 23.2 Å². The van der Waals surface area contributed by atoms with Crippen molar-refractivity contribution in [3.05, 3.63) is 39.8 Å². The quantitative estimate of drug-likeness (QED) is 0.793. The van der Waals surface area contributed by atoms with Crippen molar-refractivity contribution in [2.45, 2.75) is 44.1 Å². The fourth-order valence-corrected chi connectivity index (χ4v) is 4.47. The van der Waals surface area contributed by atoms with Crippen LogP contribution in [-0.2, 0) is 11.8 Å². The first-order chi connectivity index (χ1) is 12.3.